The summed E-state index contributed by atoms with van der Waals surface area (Å²) < 4.78 is 13.2. The number of halogens is 2. The number of nitrogens with one attached hydrogen (secondary N) is 3. The molecule has 0 fully saturated rings. The Labute approximate surface area is 187 Å². The van der Waals surface area contributed by atoms with Gasteiger partial charge >= 0.3 is 0 Å². The number of thiophene rings is 1. The van der Waals surface area contributed by atoms with Gasteiger partial charge in [-0.1, -0.05) is 17.7 Å². The van der Waals surface area contributed by atoms with Gasteiger partial charge in [0.2, 0.25) is 5.91 Å². The second-order valence-corrected chi connectivity index (χ2v) is 8.34. The van der Waals surface area contributed by atoms with Crippen LogP contribution in [0.15, 0.2) is 42.5 Å². The third-order valence-corrected chi connectivity index (χ3v) is 5.73. The minimum Gasteiger partial charge on any atom is -0.325 e. The standard InChI is InChI=1S/C22H19ClFN3O3S/c1-11-4-7-17(25-13(3)28)18(8-11)26-22(30)20-12(2)9-19(31-20)27-21(29)15-6-5-14(24)10-16(15)23/h4-10H,1-3H3,(H,25,28)(H,26,30)(H,27,29). The Hall–Kier alpha value is -3.23. The van der Waals surface area contributed by atoms with Gasteiger partial charge in [-0.25, -0.2) is 4.39 Å². The van der Waals surface area contributed by atoms with Crippen LogP contribution in [0.2, 0.25) is 5.02 Å². The molecule has 0 saturated carbocycles. The molecule has 0 aliphatic heterocycles. The van der Waals surface area contributed by atoms with E-state index in [2.05, 4.69) is 16.0 Å². The summed E-state index contributed by atoms with van der Waals surface area (Å²) >= 11 is 7.03. The van der Waals surface area contributed by atoms with Crippen LogP contribution in [0.3, 0.4) is 0 Å². The van der Waals surface area contributed by atoms with Crippen LogP contribution in [0.4, 0.5) is 20.8 Å². The minimum atomic E-state index is -0.540. The van der Waals surface area contributed by atoms with Gasteiger partial charge in [-0.3, -0.25) is 14.4 Å². The van der Waals surface area contributed by atoms with Crippen molar-refractivity contribution in [2.24, 2.45) is 0 Å². The molecule has 3 aromatic rings. The van der Waals surface area contributed by atoms with Gasteiger partial charge < -0.3 is 16.0 Å². The smallest absolute Gasteiger partial charge is 0.266 e. The molecule has 0 bridgehead atoms. The van der Waals surface area contributed by atoms with E-state index in [1.54, 1.807) is 25.1 Å². The molecule has 9 heteroatoms. The molecular weight excluding hydrogens is 441 g/mol. The fourth-order valence-electron chi connectivity index (χ4n) is 2.86. The highest BCUT2D eigenvalue weighted by Crippen LogP contribution is 2.30. The molecule has 2 aromatic carbocycles. The van der Waals surface area contributed by atoms with Crippen molar-refractivity contribution < 1.29 is 18.8 Å². The Kier molecular flexibility index (Phi) is 6.72. The minimum absolute atomic E-state index is 0.00584. The fourth-order valence-corrected chi connectivity index (χ4v) is 4.08. The van der Waals surface area contributed by atoms with Gasteiger partial charge in [0, 0.05) is 6.92 Å². The summed E-state index contributed by atoms with van der Waals surface area (Å²) in [6.45, 7) is 5.01. The van der Waals surface area contributed by atoms with Crippen molar-refractivity contribution in [3.8, 4) is 0 Å². The number of benzene rings is 2. The molecular formula is C22H19ClFN3O3S. The molecule has 0 saturated heterocycles. The summed E-state index contributed by atoms with van der Waals surface area (Å²) in [5, 5.41) is 8.61. The maximum absolute atomic E-state index is 13.2. The van der Waals surface area contributed by atoms with Crippen LogP contribution in [-0.2, 0) is 4.79 Å². The normalized spacial score (nSPS) is 10.5. The molecule has 1 heterocycles. The Morgan fingerprint density at radius 2 is 1.65 bits per heavy atom. The van der Waals surface area contributed by atoms with E-state index < -0.39 is 11.7 Å². The Morgan fingerprint density at radius 3 is 2.32 bits per heavy atom. The second-order valence-electron chi connectivity index (χ2n) is 6.89. The predicted molar refractivity (Wildman–Crippen MR) is 122 cm³/mol. The zero-order valence-electron chi connectivity index (χ0n) is 16.9. The summed E-state index contributed by atoms with van der Waals surface area (Å²) in [5.41, 5.74) is 2.66. The molecule has 0 atom stereocenters. The maximum atomic E-state index is 13.2. The van der Waals surface area contributed by atoms with E-state index in [1.165, 1.54) is 13.0 Å². The van der Waals surface area contributed by atoms with Crippen LogP contribution >= 0.6 is 22.9 Å². The highest BCUT2D eigenvalue weighted by Gasteiger charge is 2.18. The Balaban J connectivity index is 1.79. The molecule has 3 amide bonds. The average molecular weight is 460 g/mol. The summed E-state index contributed by atoms with van der Waals surface area (Å²) in [6, 6.07) is 10.5. The number of carbonyl (C=O) groups excluding carboxylic acids is 3. The first kappa shape index (κ1) is 22.5. The van der Waals surface area contributed by atoms with Gasteiger partial charge in [0.05, 0.1) is 31.8 Å². The number of aryl methyl sites for hydroxylation is 2. The Morgan fingerprint density at radius 1 is 0.903 bits per heavy atom. The zero-order chi connectivity index (χ0) is 22.7. The maximum Gasteiger partial charge on any atom is 0.266 e. The van der Waals surface area contributed by atoms with E-state index in [1.807, 2.05) is 13.0 Å². The first-order valence-corrected chi connectivity index (χ1v) is 10.4. The van der Waals surface area contributed by atoms with Gasteiger partial charge in [-0.2, -0.15) is 0 Å². The van der Waals surface area contributed by atoms with E-state index in [9.17, 15) is 18.8 Å². The van der Waals surface area contributed by atoms with Crippen molar-refractivity contribution in [1.82, 2.24) is 0 Å². The largest absolute Gasteiger partial charge is 0.325 e. The lowest BCUT2D eigenvalue weighted by Crippen LogP contribution is -2.15. The lowest BCUT2D eigenvalue weighted by molar-refractivity contribution is -0.114. The van der Waals surface area contributed by atoms with Crippen LogP contribution in [0.1, 0.15) is 38.1 Å². The van der Waals surface area contributed by atoms with Gasteiger partial charge in [-0.15, -0.1) is 11.3 Å². The van der Waals surface area contributed by atoms with Crippen LogP contribution in [0.25, 0.3) is 0 Å². The molecule has 6 nitrogen and oxygen atoms in total. The Bertz CT molecular complexity index is 1190. The van der Waals surface area contributed by atoms with Gasteiger partial charge in [-0.05, 0) is 61.4 Å². The number of amides is 3. The SMILES string of the molecule is CC(=O)Nc1ccc(C)cc1NC(=O)c1sc(NC(=O)c2ccc(F)cc2Cl)cc1C. The average Bonchev–Trinajstić information content (AvgIpc) is 3.03. The quantitative estimate of drug-likeness (QED) is 0.462. The highest BCUT2D eigenvalue weighted by molar-refractivity contribution is 7.18. The molecule has 3 rings (SSSR count). The van der Waals surface area contributed by atoms with E-state index in [4.69, 9.17) is 11.6 Å². The summed E-state index contributed by atoms with van der Waals surface area (Å²) in [5.74, 6) is -1.68. The van der Waals surface area contributed by atoms with Crippen molar-refractivity contribution in [2.45, 2.75) is 20.8 Å². The molecule has 3 N–H and O–H groups in total. The first-order chi connectivity index (χ1) is 14.6. The van der Waals surface area contributed by atoms with E-state index in [0.717, 1.165) is 29.0 Å². The van der Waals surface area contributed by atoms with Crippen molar-refractivity contribution in [3.63, 3.8) is 0 Å². The third kappa shape index (κ3) is 5.48. The third-order valence-electron chi connectivity index (χ3n) is 4.27. The van der Waals surface area contributed by atoms with Crippen LogP contribution in [0, 0.1) is 19.7 Å². The van der Waals surface area contributed by atoms with Gasteiger partial charge in [0.15, 0.2) is 0 Å². The monoisotopic (exact) mass is 459 g/mol. The van der Waals surface area contributed by atoms with Gasteiger partial charge in [0.25, 0.3) is 11.8 Å². The lowest BCUT2D eigenvalue weighted by atomic mass is 10.1. The summed E-state index contributed by atoms with van der Waals surface area (Å²) in [6.07, 6.45) is 0. The van der Waals surface area contributed by atoms with Crippen molar-refractivity contribution in [1.29, 1.82) is 0 Å². The zero-order valence-corrected chi connectivity index (χ0v) is 18.5. The molecule has 0 radical (unpaired) electrons. The summed E-state index contributed by atoms with van der Waals surface area (Å²) in [4.78, 5) is 37.1. The number of anilines is 3. The molecule has 0 aliphatic carbocycles. The summed E-state index contributed by atoms with van der Waals surface area (Å²) in [7, 11) is 0. The second kappa shape index (κ2) is 9.28. The van der Waals surface area contributed by atoms with Crippen molar-refractivity contribution in [2.75, 3.05) is 16.0 Å². The number of rotatable bonds is 5. The van der Waals surface area contributed by atoms with E-state index in [0.29, 0.717) is 26.8 Å². The molecule has 160 valence electrons. The van der Waals surface area contributed by atoms with E-state index >= 15 is 0 Å². The molecule has 31 heavy (non-hydrogen) atoms. The van der Waals surface area contributed by atoms with Crippen LogP contribution in [-0.4, -0.2) is 17.7 Å². The topological polar surface area (TPSA) is 87.3 Å². The lowest BCUT2D eigenvalue weighted by Gasteiger charge is -2.12. The molecule has 1 aromatic heterocycles. The van der Waals surface area contributed by atoms with Crippen LogP contribution in [0.5, 0.6) is 0 Å². The first-order valence-electron chi connectivity index (χ1n) is 9.20. The number of hydrogen-bond acceptors (Lipinski definition) is 4. The number of carbonyl (C=O) groups is 3. The highest BCUT2D eigenvalue weighted by atomic mass is 35.5. The predicted octanol–water partition coefficient (Wildman–Crippen LogP) is 5.62. The number of hydrogen-bond donors (Lipinski definition) is 3. The van der Waals surface area contributed by atoms with E-state index in [-0.39, 0.29) is 22.4 Å². The van der Waals surface area contributed by atoms with Gasteiger partial charge in [0.1, 0.15) is 5.82 Å². The molecule has 0 spiro atoms. The molecule has 0 unspecified atom stereocenters. The van der Waals surface area contributed by atoms with Crippen molar-refractivity contribution in [3.05, 3.63) is 74.9 Å². The molecule has 0 aliphatic rings. The van der Waals surface area contributed by atoms with Crippen molar-refractivity contribution >= 4 is 57.0 Å². The fraction of sp³-hybridized carbons (Fsp3) is 0.136. The van der Waals surface area contributed by atoms with Crippen LogP contribution < -0.4 is 16.0 Å².